The second kappa shape index (κ2) is 13.1. The lowest BCUT2D eigenvalue weighted by atomic mass is 9.97. The van der Waals surface area contributed by atoms with Gasteiger partial charge in [-0.2, -0.15) is 0 Å². The lowest BCUT2D eigenvalue weighted by Gasteiger charge is -2.23. The number of aliphatic carboxylic acids is 1. The normalized spacial score (nSPS) is 15.9. The number of nitrogens with one attached hydrogen (secondary N) is 4. The Kier molecular flexibility index (Phi) is 9.92. The maximum atomic E-state index is 13.0. The minimum absolute atomic E-state index is 0.0653. The molecule has 0 saturated carbocycles. The number of carboxylic acids is 1. The van der Waals surface area contributed by atoms with Crippen molar-refractivity contribution >= 4 is 17.8 Å². The summed E-state index contributed by atoms with van der Waals surface area (Å²) in [4.78, 5) is 53.5. The molecule has 11 heteroatoms. The first-order valence-corrected chi connectivity index (χ1v) is 12.6. The highest BCUT2D eigenvalue weighted by Crippen LogP contribution is 2.22. The van der Waals surface area contributed by atoms with Crippen LogP contribution in [0.4, 0.5) is 0 Å². The summed E-state index contributed by atoms with van der Waals surface area (Å²) >= 11 is 0. The van der Waals surface area contributed by atoms with Crippen molar-refractivity contribution < 1.29 is 19.5 Å². The Hall–Kier alpha value is -3.34. The molecule has 2 atom stereocenters. The number of carbonyl (C=O) groups excluding carboxylic acids is 2. The number of carboxylic acid groups (broad SMARTS) is 1. The van der Waals surface area contributed by atoms with Crippen LogP contribution in [0.3, 0.4) is 0 Å². The van der Waals surface area contributed by atoms with Crippen LogP contribution in [0.2, 0.25) is 0 Å². The van der Waals surface area contributed by atoms with Crippen LogP contribution >= 0.6 is 0 Å². The van der Waals surface area contributed by atoms with Gasteiger partial charge >= 0.3 is 5.97 Å². The van der Waals surface area contributed by atoms with Gasteiger partial charge in [0, 0.05) is 42.0 Å². The molecule has 2 amide bonds. The molecule has 0 bridgehead atoms. The SMILES string of the molecule is Cc1cc(CCC(=O)N[C@@H](CC(C)C)C(=O)N[C@@H](Cc2cnc[nH]2)C(=O)O)nc(C2CCNCC2)n1. The van der Waals surface area contributed by atoms with E-state index in [9.17, 15) is 19.5 Å². The van der Waals surface area contributed by atoms with Gasteiger partial charge in [0.25, 0.3) is 0 Å². The van der Waals surface area contributed by atoms with E-state index >= 15 is 0 Å². The van der Waals surface area contributed by atoms with Crippen molar-refractivity contribution in [1.82, 2.24) is 35.9 Å². The van der Waals surface area contributed by atoms with Gasteiger partial charge in [-0.3, -0.25) is 9.59 Å². The molecular weight excluding hydrogens is 462 g/mol. The molecule has 2 aromatic rings. The summed E-state index contributed by atoms with van der Waals surface area (Å²) in [5, 5.41) is 18.3. The molecule has 2 aromatic heterocycles. The quantitative estimate of drug-likeness (QED) is 0.291. The minimum atomic E-state index is -1.16. The van der Waals surface area contributed by atoms with Crippen molar-refractivity contribution in [2.45, 2.75) is 77.3 Å². The lowest BCUT2D eigenvalue weighted by molar-refractivity contribution is -0.142. The highest BCUT2D eigenvalue weighted by molar-refractivity contribution is 5.90. The van der Waals surface area contributed by atoms with E-state index in [1.165, 1.54) is 12.5 Å². The highest BCUT2D eigenvalue weighted by Gasteiger charge is 2.28. The first kappa shape index (κ1) is 27.3. The van der Waals surface area contributed by atoms with Crippen LogP contribution in [0.5, 0.6) is 0 Å². The molecule has 196 valence electrons. The third-order valence-electron chi connectivity index (χ3n) is 6.19. The summed E-state index contributed by atoms with van der Waals surface area (Å²) in [6.45, 7) is 7.71. The fraction of sp³-hybridized carbons (Fsp3) is 0.600. The smallest absolute Gasteiger partial charge is 0.326 e. The zero-order valence-electron chi connectivity index (χ0n) is 21.2. The van der Waals surface area contributed by atoms with E-state index in [0.717, 1.165) is 43.1 Å². The molecule has 0 aromatic carbocycles. The molecule has 3 heterocycles. The van der Waals surface area contributed by atoms with Crippen LogP contribution in [0, 0.1) is 12.8 Å². The molecule has 1 aliphatic heterocycles. The van der Waals surface area contributed by atoms with Crippen LogP contribution in [0.1, 0.15) is 68.4 Å². The Balaban J connectivity index is 1.59. The Morgan fingerprint density at radius 3 is 2.53 bits per heavy atom. The topological polar surface area (TPSA) is 162 Å². The molecular formula is C25H37N7O4. The van der Waals surface area contributed by atoms with E-state index < -0.39 is 24.0 Å². The fourth-order valence-electron chi connectivity index (χ4n) is 4.35. The van der Waals surface area contributed by atoms with Gasteiger partial charge in [-0.15, -0.1) is 0 Å². The van der Waals surface area contributed by atoms with Gasteiger partial charge < -0.3 is 26.0 Å². The fourth-order valence-corrected chi connectivity index (χ4v) is 4.35. The van der Waals surface area contributed by atoms with Crippen molar-refractivity contribution in [2.24, 2.45) is 5.92 Å². The number of imidazole rings is 1. The number of rotatable bonds is 12. The molecule has 0 unspecified atom stereocenters. The molecule has 36 heavy (non-hydrogen) atoms. The molecule has 1 saturated heterocycles. The number of aromatic nitrogens is 4. The maximum absolute atomic E-state index is 13.0. The average Bonchev–Trinajstić information content (AvgIpc) is 3.35. The second-order valence-electron chi connectivity index (χ2n) is 9.81. The molecule has 0 radical (unpaired) electrons. The van der Waals surface area contributed by atoms with E-state index in [2.05, 4.69) is 30.9 Å². The van der Waals surface area contributed by atoms with Crippen LogP contribution < -0.4 is 16.0 Å². The summed E-state index contributed by atoms with van der Waals surface area (Å²) in [7, 11) is 0. The number of aryl methyl sites for hydroxylation is 2. The number of H-pyrrole nitrogens is 1. The van der Waals surface area contributed by atoms with Crippen LogP contribution in [0.25, 0.3) is 0 Å². The van der Waals surface area contributed by atoms with Crippen LogP contribution in [0.15, 0.2) is 18.6 Å². The Morgan fingerprint density at radius 2 is 1.89 bits per heavy atom. The molecule has 1 aliphatic rings. The van der Waals surface area contributed by atoms with Crippen LogP contribution in [-0.4, -0.2) is 68.0 Å². The van der Waals surface area contributed by atoms with Gasteiger partial charge in [-0.05, 0) is 57.7 Å². The summed E-state index contributed by atoms with van der Waals surface area (Å²) in [5.41, 5.74) is 2.28. The highest BCUT2D eigenvalue weighted by atomic mass is 16.4. The van der Waals surface area contributed by atoms with Crippen molar-refractivity contribution in [2.75, 3.05) is 13.1 Å². The number of hydrogen-bond donors (Lipinski definition) is 5. The molecule has 11 nitrogen and oxygen atoms in total. The Bertz CT molecular complexity index is 1020. The summed E-state index contributed by atoms with van der Waals surface area (Å²) in [6.07, 6.45) is 6.00. The zero-order chi connectivity index (χ0) is 26.1. The Labute approximate surface area is 211 Å². The minimum Gasteiger partial charge on any atom is -0.480 e. The predicted molar refractivity (Wildman–Crippen MR) is 133 cm³/mol. The number of amides is 2. The second-order valence-corrected chi connectivity index (χ2v) is 9.81. The number of nitrogens with zero attached hydrogens (tertiary/aromatic N) is 3. The average molecular weight is 500 g/mol. The number of carbonyl (C=O) groups is 3. The third-order valence-corrected chi connectivity index (χ3v) is 6.19. The van der Waals surface area contributed by atoms with Crippen molar-refractivity contribution in [3.63, 3.8) is 0 Å². The number of aromatic amines is 1. The molecule has 0 spiro atoms. The van der Waals surface area contributed by atoms with Crippen molar-refractivity contribution in [3.8, 4) is 0 Å². The van der Waals surface area contributed by atoms with Gasteiger partial charge in [-0.1, -0.05) is 13.8 Å². The van der Waals surface area contributed by atoms with Gasteiger partial charge in [0.15, 0.2) is 0 Å². The third kappa shape index (κ3) is 8.40. The lowest BCUT2D eigenvalue weighted by Crippen LogP contribution is -2.52. The van der Waals surface area contributed by atoms with Gasteiger partial charge in [-0.25, -0.2) is 19.7 Å². The first-order valence-electron chi connectivity index (χ1n) is 12.6. The number of piperidine rings is 1. The van der Waals surface area contributed by atoms with E-state index in [0.29, 0.717) is 24.5 Å². The summed E-state index contributed by atoms with van der Waals surface area (Å²) < 4.78 is 0. The van der Waals surface area contributed by atoms with E-state index in [1.54, 1.807) is 0 Å². The van der Waals surface area contributed by atoms with E-state index in [4.69, 9.17) is 4.98 Å². The summed E-state index contributed by atoms with van der Waals surface area (Å²) in [5.74, 6) is -0.682. The monoisotopic (exact) mass is 499 g/mol. The number of hydrogen-bond acceptors (Lipinski definition) is 7. The zero-order valence-corrected chi connectivity index (χ0v) is 21.2. The van der Waals surface area contributed by atoms with Crippen molar-refractivity contribution in [1.29, 1.82) is 0 Å². The molecule has 3 rings (SSSR count). The molecule has 5 N–H and O–H groups in total. The van der Waals surface area contributed by atoms with Gasteiger partial charge in [0.1, 0.15) is 17.9 Å². The summed E-state index contributed by atoms with van der Waals surface area (Å²) in [6, 6.07) is -0.0798. The standard InChI is InChI=1S/C25H37N7O4/c1-15(2)10-20(24(34)32-21(25(35)36)12-19-13-27-14-28-19)31-22(33)5-4-18-11-16(3)29-23(30-18)17-6-8-26-9-7-17/h11,13-15,17,20-21,26H,4-10,12H2,1-3H3,(H,27,28)(H,31,33)(H,32,34)(H,35,36)/t20-,21-/m0/s1. The van der Waals surface area contributed by atoms with E-state index in [-0.39, 0.29) is 24.7 Å². The van der Waals surface area contributed by atoms with Gasteiger partial charge in [0.2, 0.25) is 11.8 Å². The first-order chi connectivity index (χ1) is 17.2. The maximum Gasteiger partial charge on any atom is 0.326 e. The van der Waals surface area contributed by atoms with Gasteiger partial charge in [0.05, 0.1) is 6.33 Å². The predicted octanol–water partition coefficient (Wildman–Crippen LogP) is 1.25. The molecule has 0 aliphatic carbocycles. The van der Waals surface area contributed by atoms with Crippen LogP contribution in [-0.2, 0) is 27.2 Å². The largest absolute Gasteiger partial charge is 0.480 e. The molecule has 1 fully saturated rings. The van der Waals surface area contributed by atoms with E-state index in [1.807, 2.05) is 26.8 Å². The Morgan fingerprint density at radius 1 is 1.14 bits per heavy atom. The van der Waals surface area contributed by atoms with Crippen molar-refractivity contribution in [3.05, 3.63) is 41.5 Å².